The van der Waals surface area contributed by atoms with Gasteiger partial charge in [-0.2, -0.15) is 18.2 Å². The molecule has 0 amide bonds. The van der Waals surface area contributed by atoms with Crippen molar-refractivity contribution in [1.29, 1.82) is 0 Å². The molecule has 0 spiro atoms. The van der Waals surface area contributed by atoms with E-state index in [1.54, 1.807) is 13.0 Å². The lowest BCUT2D eigenvalue weighted by Crippen LogP contribution is -2.41. The standard InChI is InChI=1S/C23H32F3N5O3/c1-13(2)12-31(16-5-7-17(32)8-6-16)19-9-4-15(14(3)10-20(33)34)11-18(19)27-22-28-21(29-30-22)23(24,25)26/h4,9,11,13-14,16-17,32H,5-8,10,12H2,1-3H3,(H,33,34)(H2,27,28,29,30)/t14-,16-,17-/m1/s1. The average molecular weight is 484 g/mol. The molecule has 1 fully saturated rings. The molecule has 34 heavy (non-hydrogen) atoms. The zero-order chi connectivity index (χ0) is 25.0. The van der Waals surface area contributed by atoms with Crippen molar-refractivity contribution in [1.82, 2.24) is 15.2 Å². The number of hydrogen-bond donors (Lipinski definition) is 4. The number of aliphatic hydroxyl groups is 1. The van der Waals surface area contributed by atoms with Crippen molar-refractivity contribution in [2.45, 2.75) is 77.1 Å². The van der Waals surface area contributed by atoms with Gasteiger partial charge in [0.05, 0.1) is 23.9 Å². The highest BCUT2D eigenvalue weighted by Gasteiger charge is 2.35. The number of nitrogens with zero attached hydrogens (tertiary/aromatic N) is 3. The normalized spacial score (nSPS) is 19.8. The predicted octanol–water partition coefficient (Wildman–Crippen LogP) is 4.91. The maximum Gasteiger partial charge on any atom is 0.451 e. The van der Waals surface area contributed by atoms with E-state index >= 15 is 0 Å². The lowest BCUT2D eigenvalue weighted by Gasteiger charge is -2.39. The molecule has 1 aromatic heterocycles. The van der Waals surface area contributed by atoms with Crippen LogP contribution in [-0.4, -0.2) is 50.1 Å². The molecule has 188 valence electrons. The van der Waals surface area contributed by atoms with Gasteiger partial charge in [-0.25, -0.2) is 0 Å². The van der Waals surface area contributed by atoms with Crippen LogP contribution in [0.15, 0.2) is 18.2 Å². The monoisotopic (exact) mass is 483 g/mol. The van der Waals surface area contributed by atoms with Gasteiger partial charge in [-0.15, -0.1) is 5.10 Å². The molecule has 11 heteroatoms. The minimum Gasteiger partial charge on any atom is -0.481 e. The van der Waals surface area contributed by atoms with Crippen molar-refractivity contribution >= 4 is 23.3 Å². The van der Waals surface area contributed by atoms with Crippen molar-refractivity contribution in [2.75, 3.05) is 16.8 Å². The first-order valence-electron chi connectivity index (χ1n) is 11.5. The summed E-state index contributed by atoms with van der Waals surface area (Å²) >= 11 is 0. The lowest BCUT2D eigenvalue weighted by atomic mass is 9.90. The van der Waals surface area contributed by atoms with E-state index in [0.29, 0.717) is 31.0 Å². The van der Waals surface area contributed by atoms with Crippen molar-refractivity contribution in [3.63, 3.8) is 0 Å². The smallest absolute Gasteiger partial charge is 0.451 e. The molecule has 0 radical (unpaired) electrons. The van der Waals surface area contributed by atoms with Gasteiger partial charge in [0.1, 0.15) is 0 Å². The molecule has 1 aliphatic carbocycles. The third-order valence-corrected chi connectivity index (χ3v) is 6.05. The number of nitrogens with one attached hydrogen (secondary N) is 2. The molecule has 8 nitrogen and oxygen atoms in total. The van der Waals surface area contributed by atoms with Crippen LogP contribution in [-0.2, 0) is 11.0 Å². The van der Waals surface area contributed by atoms with E-state index < -0.39 is 18.0 Å². The second kappa shape index (κ2) is 10.6. The van der Waals surface area contributed by atoms with E-state index in [1.165, 1.54) is 0 Å². The summed E-state index contributed by atoms with van der Waals surface area (Å²) in [5.74, 6) is -2.34. The molecule has 1 heterocycles. The van der Waals surface area contributed by atoms with Crippen molar-refractivity contribution in [3.8, 4) is 0 Å². The topological polar surface area (TPSA) is 114 Å². The van der Waals surface area contributed by atoms with Gasteiger partial charge in [-0.1, -0.05) is 26.8 Å². The summed E-state index contributed by atoms with van der Waals surface area (Å²) in [5, 5.41) is 27.7. The minimum absolute atomic E-state index is 0.0755. The first-order chi connectivity index (χ1) is 15.9. The number of hydrogen-bond acceptors (Lipinski definition) is 6. The number of carboxylic acid groups (broad SMARTS) is 1. The van der Waals surface area contributed by atoms with Gasteiger partial charge < -0.3 is 20.4 Å². The van der Waals surface area contributed by atoms with Gasteiger partial charge >= 0.3 is 12.1 Å². The van der Waals surface area contributed by atoms with E-state index in [1.807, 2.05) is 17.2 Å². The van der Waals surface area contributed by atoms with E-state index in [0.717, 1.165) is 24.1 Å². The number of aromatic amines is 1. The molecule has 0 saturated heterocycles. The summed E-state index contributed by atoms with van der Waals surface area (Å²) in [5.41, 5.74) is 2.03. The van der Waals surface area contributed by atoms with Crippen LogP contribution in [0, 0.1) is 5.92 Å². The summed E-state index contributed by atoms with van der Waals surface area (Å²) < 4.78 is 39.0. The Morgan fingerprint density at radius 2 is 1.91 bits per heavy atom. The first-order valence-corrected chi connectivity index (χ1v) is 11.5. The molecular weight excluding hydrogens is 451 g/mol. The summed E-state index contributed by atoms with van der Waals surface area (Å²) in [6, 6.07) is 5.66. The number of aliphatic carboxylic acids is 1. The van der Waals surface area contributed by atoms with E-state index in [2.05, 4.69) is 34.1 Å². The Hall–Kier alpha value is -2.82. The number of aliphatic hydroxyl groups excluding tert-OH is 1. The van der Waals surface area contributed by atoms with Gasteiger partial charge in [0.2, 0.25) is 11.8 Å². The first kappa shape index (κ1) is 25.8. The molecule has 1 saturated carbocycles. The van der Waals surface area contributed by atoms with Gasteiger partial charge in [-0.05, 0) is 55.2 Å². The van der Waals surface area contributed by atoms with Gasteiger partial charge in [0.15, 0.2) is 0 Å². The van der Waals surface area contributed by atoms with Crippen molar-refractivity contribution < 1.29 is 28.2 Å². The quantitative estimate of drug-likeness (QED) is 0.401. The predicted molar refractivity (Wildman–Crippen MR) is 122 cm³/mol. The average Bonchev–Trinajstić information content (AvgIpc) is 3.21. The molecule has 1 aromatic carbocycles. The van der Waals surface area contributed by atoms with Crippen molar-refractivity contribution in [3.05, 3.63) is 29.6 Å². The number of benzene rings is 1. The second-order valence-corrected chi connectivity index (χ2v) is 9.41. The van der Waals surface area contributed by atoms with E-state index in [-0.39, 0.29) is 30.4 Å². The number of carbonyl (C=O) groups is 1. The van der Waals surface area contributed by atoms with Crippen LogP contribution in [0.5, 0.6) is 0 Å². The summed E-state index contributed by atoms with van der Waals surface area (Å²) in [4.78, 5) is 17.0. The Morgan fingerprint density at radius 1 is 1.24 bits per heavy atom. The SMILES string of the molecule is CC(C)CN(c1ccc([C@H](C)CC(=O)O)cc1Nc1n[nH]c(C(F)(F)F)n1)[C@H]1CC[C@H](O)CC1. The number of rotatable bonds is 9. The molecular formula is C23H32F3N5O3. The molecule has 0 bridgehead atoms. The van der Waals surface area contributed by atoms with Crippen LogP contribution < -0.4 is 10.2 Å². The third kappa shape index (κ3) is 6.62. The Labute approximate surface area is 196 Å². The number of H-pyrrole nitrogens is 1. The lowest BCUT2D eigenvalue weighted by molar-refractivity contribution is -0.144. The highest BCUT2D eigenvalue weighted by molar-refractivity contribution is 5.75. The zero-order valence-electron chi connectivity index (χ0n) is 19.6. The number of anilines is 3. The fourth-order valence-corrected chi connectivity index (χ4v) is 4.36. The number of halogens is 3. The highest BCUT2D eigenvalue weighted by Crippen LogP contribution is 2.37. The molecule has 2 aromatic rings. The van der Waals surface area contributed by atoms with E-state index in [4.69, 9.17) is 0 Å². The number of carboxylic acids is 1. The number of aromatic nitrogens is 3. The minimum atomic E-state index is -4.65. The summed E-state index contributed by atoms with van der Waals surface area (Å²) in [6.07, 6.45) is -2.08. The van der Waals surface area contributed by atoms with Crippen LogP contribution >= 0.6 is 0 Å². The summed E-state index contributed by atoms with van der Waals surface area (Å²) in [7, 11) is 0. The van der Waals surface area contributed by atoms with Crippen LogP contribution in [0.1, 0.15) is 70.2 Å². The largest absolute Gasteiger partial charge is 0.481 e. The van der Waals surface area contributed by atoms with E-state index in [9.17, 15) is 28.2 Å². The fourth-order valence-electron chi connectivity index (χ4n) is 4.36. The Kier molecular flexibility index (Phi) is 8.06. The maximum atomic E-state index is 13.0. The fraction of sp³-hybridized carbons (Fsp3) is 0.609. The van der Waals surface area contributed by atoms with Gasteiger partial charge in [0, 0.05) is 12.6 Å². The molecule has 1 aliphatic rings. The number of alkyl halides is 3. The van der Waals surface area contributed by atoms with Crippen LogP contribution in [0.4, 0.5) is 30.5 Å². The van der Waals surface area contributed by atoms with Crippen LogP contribution in [0.2, 0.25) is 0 Å². The zero-order valence-corrected chi connectivity index (χ0v) is 19.6. The Bertz CT molecular complexity index is 971. The van der Waals surface area contributed by atoms with Gasteiger partial charge in [0.25, 0.3) is 0 Å². The van der Waals surface area contributed by atoms with Crippen molar-refractivity contribution in [2.24, 2.45) is 5.92 Å². The van der Waals surface area contributed by atoms with Crippen LogP contribution in [0.3, 0.4) is 0 Å². The van der Waals surface area contributed by atoms with Crippen LogP contribution in [0.25, 0.3) is 0 Å². The molecule has 3 rings (SSSR count). The third-order valence-electron chi connectivity index (χ3n) is 6.05. The molecule has 4 N–H and O–H groups in total. The maximum absolute atomic E-state index is 13.0. The molecule has 0 aliphatic heterocycles. The summed E-state index contributed by atoms with van der Waals surface area (Å²) in [6.45, 7) is 6.68. The molecule has 1 atom stereocenters. The molecule has 0 unspecified atom stereocenters. The second-order valence-electron chi connectivity index (χ2n) is 9.41. The van der Waals surface area contributed by atoms with Gasteiger partial charge in [-0.3, -0.25) is 9.89 Å². The highest BCUT2D eigenvalue weighted by atomic mass is 19.4. The Balaban J connectivity index is 2.00. The Morgan fingerprint density at radius 3 is 2.47 bits per heavy atom.